The van der Waals surface area contributed by atoms with Crippen LogP contribution in [-0.4, -0.2) is 29.3 Å². The highest BCUT2D eigenvalue weighted by molar-refractivity contribution is 5.94. The molecule has 0 radical (unpaired) electrons. The van der Waals surface area contributed by atoms with E-state index in [1.807, 2.05) is 32.0 Å². The summed E-state index contributed by atoms with van der Waals surface area (Å²) in [6, 6.07) is 5.68. The Bertz CT molecular complexity index is 542. The van der Waals surface area contributed by atoms with Crippen LogP contribution in [0.1, 0.15) is 38.3 Å². The van der Waals surface area contributed by atoms with Crippen LogP contribution in [0.4, 0.5) is 0 Å². The van der Waals surface area contributed by atoms with Gasteiger partial charge in [0, 0.05) is 6.42 Å². The summed E-state index contributed by atoms with van der Waals surface area (Å²) >= 11 is 0. The second-order valence-corrected chi connectivity index (χ2v) is 6.26. The van der Waals surface area contributed by atoms with Crippen molar-refractivity contribution in [3.8, 4) is 5.75 Å². The molecule has 5 nitrogen and oxygen atoms in total. The Labute approximate surface area is 131 Å². The minimum atomic E-state index is -1.22. The number of hydrogen-bond donors (Lipinski definition) is 1. The summed E-state index contributed by atoms with van der Waals surface area (Å²) in [6.07, 6.45) is 0.0671. The summed E-state index contributed by atoms with van der Waals surface area (Å²) in [5.41, 5.74) is 1.39. The molecular formula is C17H24O5. The lowest BCUT2D eigenvalue weighted by molar-refractivity contribution is -0.167. The van der Waals surface area contributed by atoms with Gasteiger partial charge in [-0.1, -0.05) is 12.1 Å². The van der Waals surface area contributed by atoms with Crippen molar-refractivity contribution in [3.05, 3.63) is 29.3 Å². The zero-order chi connectivity index (χ0) is 16.9. The SMILES string of the molecule is Cc1cccc(OCCC(C(=O)O)C(=O)OC(C)(C)C)c1C. The first-order chi connectivity index (χ1) is 10.1. The van der Waals surface area contributed by atoms with Crippen molar-refractivity contribution in [2.75, 3.05) is 6.61 Å². The number of aliphatic carboxylic acids is 1. The number of aryl methyl sites for hydroxylation is 1. The van der Waals surface area contributed by atoms with Gasteiger partial charge >= 0.3 is 11.9 Å². The number of carbonyl (C=O) groups is 2. The van der Waals surface area contributed by atoms with Gasteiger partial charge in [-0.15, -0.1) is 0 Å². The summed E-state index contributed by atoms with van der Waals surface area (Å²) in [7, 11) is 0. The highest BCUT2D eigenvalue weighted by Gasteiger charge is 2.31. The number of rotatable bonds is 6. The Morgan fingerprint density at radius 1 is 1.23 bits per heavy atom. The van der Waals surface area contributed by atoms with E-state index in [2.05, 4.69) is 0 Å². The molecule has 0 bridgehead atoms. The van der Waals surface area contributed by atoms with Crippen LogP contribution in [0.5, 0.6) is 5.75 Å². The zero-order valence-corrected chi connectivity index (χ0v) is 13.8. The van der Waals surface area contributed by atoms with Gasteiger partial charge in [0.1, 0.15) is 11.4 Å². The van der Waals surface area contributed by atoms with Gasteiger partial charge < -0.3 is 14.6 Å². The van der Waals surface area contributed by atoms with E-state index in [4.69, 9.17) is 9.47 Å². The van der Waals surface area contributed by atoms with Crippen LogP contribution < -0.4 is 4.74 Å². The molecule has 1 unspecified atom stereocenters. The molecule has 0 heterocycles. The Morgan fingerprint density at radius 3 is 2.41 bits per heavy atom. The van der Waals surface area contributed by atoms with Crippen molar-refractivity contribution < 1.29 is 24.2 Å². The molecule has 0 spiro atoms. The predicted octanol–water partition coefficient (Wildman–Crippen LogP) is 3.11. The lowest BCUT2D eigenvalue weighted by atomic mass is 10.1. The molecule has 122 valence electrons. The summed E-state index contributed by atoms with van der Waals surface area (Å²) in [5, 5.41) is 9.18. The summed E-state index contributed by atoms with van der Waals surface area (Å²) in [5.74, 6) is -2.44. The Hall–Kier alpha value is -2.04. The van der Waals surface area contributed by atoms with Crippen LogP contribution in [0.2, 0.25) is 0 Å². The first-order valence-corrected chi connectivity index (χ1v) is 7.26. The average Bonchev–Trinajstić information content (AvgIpc) is 2.36. The molecule has 0 amide bonds. The topological polar surface area (TPSA) is 72.8 Å². The maximum absolute atomic E-state index is 11.9. The highest BCUT2D eigenvalue weighted by Crippen LogP contribution is 2.21. The maximum Gasteiger partial charge on any atom is 0.320 e. The van der Waals surface area contributed by atoms with Gasteiger partial charge in [-0.25, -0.2) is 0 Å². The molecular weight excluding hydrogens is 284 g/mol. The van der Waals surface area contributed by atoms with E-state index in [0.717, 1.165) is 11.1 Å². The minimum Gasteiger partial charge on any atom is -0.493 e. The van der Waals surface area contributed by atoms with Crippen LogP contribution in [0.25, 0.3) is 0 Å². The molecule has 0 saturated carbocycles. The summed E-state index contributed by atoms with van der Waals surface area (Å²) < 4.78 is 10.7. The van der Waals surface area contributed by atoms with Crippen molar-refractivity contribution in [1.29, 1.82) is 0 Å². The van der Waals surface area contributed by atoms with Crippen molar-refractivity contribution in [3.63, 3.8) is 0 Å². The molecule has 0 aliphatic heterocycles. The fraction of sp³-hybridized carbons (Fsp3) is 0.529. The van der Waals surface area contributed by atoms with Crippen LogP contribution in [0.3, 0.4) is 0 Å². The number of carboxylic acid groups (broad SMARTS) is 1. The number of esters is 1. The highest BCUT2D eigenvalue weighted by atomic mass is 16.6. The van der Waals surface area contributed by atoms with Crippen LogP contribution in [-0.2, 0) is 14.3 Å². The van der Waals surface area contributed by atoms with Gasteiger partial charge in [0.15, 0.2) is 5.92 Å². The van der Waals surface area contributed by atoms with Crippen molar-refractivity contribution in [2.24, 2.45) is 5.92 Å². The molecule has 0 aromatic heterocycles. The number of carboxylic acids is 1. The summed E-state index contributed by atoms with van der Waals surface area (Å²) in [6.45, 7) is 9.17. The summed E-state index contributed by atoms with van der Waals surface area (Å²) in [4.78, 5) is 23.1. The first-order valence-electron chi connectivity index (χ1n) is 7.26. The molecule has 1 N–H and O–H groups in total. The Kier molecular flexibility index (Phi) is 5.97. The molecule has 1 rings (SSSR count). The van der Waals surface area contributed by atoms with E-state index < -0.39 is 23.5 Å². The smallest absolute Gasteiger partial charge is 0.320 e. The molecule has 5 heteroatoms. The fourth-order valence-corrected chi connectivity index (χ4v) is 1.88. The van der Waals surface area contributed by atoms with Crippen LogP contribution in [0, 0.1) is 19.8 Å². The number of ether oxygens (including phenoxy) is 2. The zero-order valence-electron chi connectivity index (χ0n) is 13.8. The molecule has 1 aromatic rings. The molecule has 0 fully saturated rings. The molecule has 0 aliphatic rings. The van der Waals surface area contributed by atoms with E-state index in [9.17, 15) is 14.7 Å². The first kappa shape index (κ1) is 18.0. The van der Waals surface area contributed by atoms with Gasteiger partial charge in [-0.3, -0.25) is 9.59 Å². The van der Waals surface area contributed by atoms with Crippen LogP contribution in [0.15, 0.2) is 18.2 Å². The Morgan fingerprint density at radius 2 is 1.86 bits per heavy atom. The average molecular weight is 308 g/mol. The van der Waals surface area contributed by atoms with E-state index in [1.165, 1.54) is 0 Å². The van der Waals surface area contributed by atoms with E-state index in [1.54, 1.807) is 20.8 Å². The number of benzene rings is 1. The number of carbonyl (C=O) groups excluding carboxylic acids is 1. The standard InChI is InChI=1S/C17H24O5/c1-11-7-6-8-14(12(11)2)21-10-9-13(15(18)19)16(20)22-17(3,4)5/h6-8,13H,9-10H2,1-5H3,(H,18,19). The van der Waals surface area contributed by atoms with E-state index >= 15 is 0 Å². The van der Waals surface area contributed by atoms with Crippen molar-refractivity contribution >= 4 is 11.9 Å². The van der Waals surface area contributed by atoms with E-state index in [-0.39, 0.29) is 13.0 Å². The molecule has 1 atom stereocenters. The van der Waals surface area contributed by atoms with E-state index in [0.29, 0.717) is 5.75 Å². The Balaban J connectivity index is 2.64. The normalized spacial score (nSPS) is 12.6. The predicted molar refractivity (Wildman–Crippen MR) is 83.0 cm³/mol. The molecule has 0 saturated heterocycles. The third-order valence-corrected chi connectivity index (χ3v) is 3.21. The largest absolute Gasteiger partial charge is 0.493 e. The van der Waals surface area contributed by atoms with Gasteiger partial charge in [0.25, 0.3) is 0 Å². The van der Waals surface area contributed by atoms with Crippen molar-refractivity contribution in [2.45, 2.75) is 46.6 Å². The third kappa shape index (κ3) is 5.39. The lowest BCUT2D eigenvalue weighted by Crippen LogP contribution is -2.33. The second kappa shape index (κ2) is 7.29. The lowest BCUT2D eigenvalue weighted by Gasteiger charge is -2.22. The second-order valence-electron chi connectivity index (χ2n) is 6.26. The van der Waals surface area contributed by atoms with Crippen LogP contribution >= 0.6 is 0 Å². The fourth-order valence-electron chi connectivity index (χ4n) is 1.88. The van der Waals surface area contributed by atoms with Crippen molar-refractivity contribution in [1.82, 2.24) is 0 Å². The third-order valence-electron chi connectivity index (χ3n) is 3.21. The maximum atomic E-state index is 11.9. The van der Waals surface area contributed by atoms with Gasteiger partial charge in [-0.2, -0.15) is 0 Å². The van der Waals surface area contributed by atoms with Gasteiger partial charge in [-0.05, 0) is 51.8 Å². The molecule has 22 heavy (non-hydrogen) atoms. The van der Waals surface area contributed by atoms with Gasteiger partial charge in [0.05, 0.1) is 6.61 Å². The quantitative estimate of drug-likeness (QED) is 0.645. The van der Waals surface area contributed by atoms with Gasteiger partial charge in [0.2, 0.25) is 0 Å². The number of hydrogen-bond acceptors (Lipinski definition) is 4. The monoisotopic (exact) mass is 308 g/mol. The molecule has 1 aromatic carbocycles. The molecule has 0 aliphatic carbocycles. The minimum absolute atomic E-state index is 0.0671.